The second-order valence-corrected chi connectivity index (χ2v) is 3.57. The van der Waals surface area contributed by atoms with Gasteiger partial charge in [0, 0.05) is 5.02 Å². The number of hydrogen-bond donors (Lipinski definition) is 1. The van der Waals surface area contributed by atoms with Crippen LogP contribution >= 0.6 is 11.6 Å². The van der Waals surface area contributed by atoms with Crippen molar-refractivity contribution in [2.24, 2.45) is 0 Å². The van der Waals surface area contributed by atoms with Crippen LogP contribution in [-0.4, -0.2) is 9.97 Å². The van der Waals surface area contributed by atoms with Crippen molar-refractivity contribution in [3.05, 3.63) is 41.3 Å². The zero-order valence-corrected chi connectivity index (χ0v) is 9.35. The van der Waals surface area contributed by atoms with E-state index in [-0.39, 0.29) is 11.6 Å². The van der Waals surface area contributed by atoms with Crippen LogP contribution in [0.1, 0.15) is 5.69 Å². The van der Waals surface area contributed by atoms with Gasteiger partial charge >= 0.3 is 0 Å². The van der Waals surface area contributed by atoms with Crippen LogP contribution in [0.3, 0.4) is 0 Å². The smallest absolute Gasteiger partial charge is 0.238 e. The number of anilines is 1. The minimum Gasteiger partial charge on any atom is -0.435 e. The van der Waals surface area contributed by atoms with E-state index in [9.17, 15) is 0 Å². The number of hydrogen-bond acceptors (Lipinski definition) is 5. The number of rotatable bonds is 2. The Morgan fingerprint density at radius 3 is 2.71 bits per heavy atom. The van der Waals surface area contributed by atoms with Crippen molar-refractivity contribution in [2.75, 3.05) is 5.73 Å². The van der Waals surface area contributed by atoms with Crippen LogP contribution in [0.5, 0.6) is 11.6 Å². The lowest BCUT2D eigenvalue weighted by Crippen LogP contribution is -1.94. The molecule has 0 aliphatic heterocycles. The summed E-state index contributed by atoms with van der Waals surface area (Å²) in [4.78, 5) is 7.74. The van der Waals surface area contributed by atoms with Crippen molar-refractivity contribution in [1.29, 1.82) is 5.26 Å². The summed E-state index contributed by atoms with van der Waals surface area (Å²) in [6, 6.07) is 6.74. The summed E-state index contributed by atoms with van der Waals surface area (Å²) in [6.45, 7) is 0. The van der Waals surface area contributed by atoms with Crippen LogP contribution in [0, 0.1) is 11.3 Å². The van der Waals surface area contributed by atoms with Crippen LogP contribution in [0.4, 0.5) is 5.69 Å². The SMILES string of the molecule is N#Cc1cnc(Oc2ccc(Cl)cc2N)cn1. The van der Waals surface area contributed by atoms with Gasteiger partial charge in [0.05, 0.1) is 18.1 Å². The molecule has 84 valence electrons. The summed E-state index contributed by atoms with van der Waals surface area (Å²) in [7, 11) is 0. The molecular weight excluding hydrogens is 240 g/mol. The van der Waals surface area contributed by atoms with Gasteiger partial charge in [-0.3, -0.25) is 0 Å². The highest BCUT2D eigenvalue weighted by Gasteiger charge is 2.04. The zero-order valence-electron chi connectivity index (χ0n) is 8.59. The molecule has 1 aromatic carbocycles. The Bertz CT molecular complexity index is 577. The van der Waals surface area contributed by atoms with Gasteiger partial charge in [-0.2, -0.15) is 5.26 Å². The summed E-state index contributed by atoms with van der Waals surface area (Å²) in [5.41, 5.74) is 6.35. The minimum atomic E-state index is 0.224. The predicted molar refractivity (Wildman–Crippen MR) is 62.7 cm³/mol. The molecule has 0 saturated heterocycles. The Balaban J connectivity index is 2.23. The van der Waals surface area contributed by atoms with Gasteiger partial charge in [-0.15, -0.1) is 0 Å². The Hall–Kier alpha value is -2.32. The second-order valence-electron chi connectivity index (χ2n) is 3.14. The molecule has 0 atom stereocenters. The fourth-order valence-electron chi connectivity index (χ4n) is 1.15. The van der Waals surface area contributed by atoms with Gasteiger partial charge in [-0.25, -0.2) is 9.97 Å². The van der Waals surface area contributed by atoms with Crippen LogP contribution in [0.25, 0.3) is 0 Å². The number of nitriles is 1. The van der Waals surface area contributed by atoms with Crippen LogP contribution < -0.4 is 10.5 Å². The standard InChI is InChI=1S/C11H7ClN4O/c12-7-1-2-10(9(14)3-7)17-11-6-15-8(4-13)5-16-11/h1-3,5-6H,14H2. The van der Waals surface area contributed by atoms with E-state index < -0.39 is 0 Å². The Morgan fingerprint density at radius 1 is 1.29 bits per heavy atom. The summed E-state index contributed by atoms with van der Waals surface area (Å²) < 4.78 is 5.40. The van der Waals surface area contributed by atoms with Crippen molar-refractivity contribution in [1.82, 2.24) is 9.97 Å². The van der Waals surface area contributed by atoms with E-state index in [2.05, 4.69) is 9.97 Å². The highest BCUT2D eigenvalue weighted by Crippen LogP contribution is 2.28. The largest absolute Gasteiger partial charge is 0.435 e. The molecule has 0 bridgehead atoms. The minimum absolute atomic E-state index is 0.224. The van der Waals surface area contributed by atoms with Crippen molar-refractivity contribution >= 4 is 17.3 Å². The fraction of sp³-hybridized carbons (Fsp3) is 0. The molecule has 1 heterocycles. The van der Waals surface area contributed by atoms with E-state index in [1.54, 1.807) is 18.2 Å². The molecule has 0 spiro atoms. The third-order valence-corrected chi connectivity index (χ3v) is 2.16. The molecule has 2 N–H and O–H groups in total. The average Bonchev–Trinajstić information content (AvgIpc) is 2.34. The van der Waals surface area contributed by atoms with Crippen molar-refractivity contribution < 1.29 is 4.74 Å². The quantitative estimate of drug-likeness (QED) is 0.823. The van der Waals surface area contributed by atoms with Gasteiger partial charge in [-0.1, -0.05) is 11.6 Å². The Morgan fingerprint density at radius 2 is 2.12 bits per heavy atom. The maximum absolute atomic E-state index is 8.56. The maximum atomic E-state index is 8.56. The number of nitrogen functional groups attached to an aromatic ring is 1. The molecule has 2 rings (SSSR count). The average molecular weight is 247 g/mol. The molecular formula is C11H7ClN4O. The van der Waals surface area contributed by atoms with Crippen molar-refractivity contribution in [2.45, 2.75) is 0 Å². The topological polar surface area (TPSA) is 84.8 Å². The van der Waals surface area contributed by atoms with Gasteiger partial charge in [0.1, 0.15) is 6.07 Å². The lowest BCUT2D eigenvalue weighted by Gasteiger charge is -2.06. The number of halogens is 1. The molecule has 0 amide bonds. The van der Waals surface area contributed by atoms with E-state index in [1.165, 1.54) is 12.4 Å². The lowest BCUT2D eigenvalue weighted by atomic mass is 10.3. The first-order chi connectivity index (χ1) is 8.19. The molecule has 0 radical (unpaired) electrons. The van der Waals surface area contributed by atoms with Gasteiger partial charge in [0.15, 0.2) is 11.4 Å². The molecule has 0 fully saturated rings. The monoisotopic (exact) mass is 246 g/mol. The molecule has 2 aromatic rings. The normalized spacial score (nSPS) is 9.65. The summed E-state index contributed by atoms with van der Waals surface area (Å²) in [5, 5.41) is 9.09. The third-order valence-electron chi connectivity index (χ3n) is 1.93. The summed E-state index contributed by atoms with van der Waals surface area (Å²) >= 11 is 5.76. The first kappa shape index (κ1) is 11.2. The highest BCUT2D eigenvalue weighted by atomic mass is 35.5. The molecule has 1 aromatic heterocycles. The Kier molecular flexibility index (Phi) is 3.08. The van der Waals surface area contributed by atoms with E-state index in [0.717, 1.165) is 0 Å². The predicted octanol–water partition coefficient (Wildman–Crippen LogP) is 2.38. The summed E-state index contributed by atoms with van der Waals surface area (Å²) in [6.07, 6.45) is 2.67. The van der Waals surface area contributed by atoms with E-state index in [0.29, 0.717) is 16.5 Å². The molecule has 0 aliphatic carbocycles. The second kappa shape index (κ2) is 4.68. The third kappa shape index (κ3) is 2.62. The highest BCUT2D eigenvalue weighted by molar-refractivity contribution is 6.30. The first-order valence-electron chi connectivity index (χ1n) is 4.64. The van der Waals surface area contributed by atoms with Gasteiger partial charge in [-0.05, 0) is 18.2 Å². The van der Waals surface area contributed by atoms with Crippen LogP contribution in [0.2, 0.25) is 5.02 Å². The van der Waals surface area contributed by atoms with E-state index in [4.69, 9.17) is 27.3 Å². The first-order valence-corrected chi connectivity index (χ1v) is 5.02. The lowest BCUT2D eigenvalue weighted by molar-refractivity contribution is 0.462. The van der Waals surface area contributed by atoms with Crippen molar-refractivity contribution in [3.63, 3.8) is 0 Å². The van der Waals surface area contributed by atoms with Gasteiger partial charge in [0.25, 0.3) is 0 Å². The summed E-state index contributed by atoms with van der Waals surface area (Å²) in [5.74, 6) is 0.700. The number of nitrogens with two attached hydrogens (primary N) is 1. The van der Waals surface area contributed by atoms with Crippen LogP contribution in [-0.2, 0) is 0 Å². The molecule has 5 nitrogen and oxygen atoms in total. The van der Waals surface area contributed by atoms with Gasteiger partial charge < -0.3 is 10.5 Å². The van der Waals surface area contributed by atoms with E-state index >= 15 is 0 Å². The number of ether oxygens (including phenoxy) is 1. The maximum Gasteiger partial charge on any atom is 0.238 e. The molecule has 6 heteroatoms. The molecule has 17 heavy (non-hydrogen) atoms. The van der Waals surface area contributed by atoms with Crippen LogP contribution in [0.15, 0.2) is 30.6 Å². The van der Waals surface area contributed by atoms with Gasteiger partial charge in [0.2, 0.25) is 5.88 Å². The number of aromatic nitrogens is 2. The van der Waals surface area contributed by atoms with Crippen molar-refractivity contribution in [3.8, 4) is 17.7 Å². The number of nitrogens with zero attached hydrogens (tertiary/aromatic N) is 3. The molecule has 0 aliphatic rings. The Labute approximate surface area is 102 Å². The molecule has 0 unspecified atom stereocenters. The fourth-order valence-corrected chi connectivity index (χ4v) is 1.33. The number of benzene rings is 1. The molecule has 0 saturated carbocycles. The van der Waals surface area contributed by atoms with E-state index in [1.807, 2.05) is 6.07 Å². The zero-order chi connectivity index (χ0) is 12.3.